The van der Waals surface area contributed by atoms with Gasteiger partial charge >= 0.3 is 5.97 Å². The van der Waals surface area contributed by atoms with Crippen molar-refractivity contribution in [1.82, 2.24) is 0 Å². The molecule has 0 rings (SSSR count). The van der Waals surface area contributed by atoms with Gasteiger partial charge < -0.3 is 10.2 Å². The van der Waals surface area contributed by atoms with Gasteiger partial charge in [-0.1, -0.05) is 20.3 Å². The van der Waals surface area contributed by atoms with Gasteiger partial charge in [0.15, 0.2) is 6.10 Å². The normalized spacial score (nSPS) is 16.3. The van der Waals surface area contributed by atoms with Crippen LogP contribution in [0.15, 0.2) is 0 Å². The Morgan fingerprint density at radius 1 is 1.60 bits per heavy atom. The Balaban J connectivity index is 3.69. The number of hydrogen-bond acceptors (Lipinski definition) is 2. The number of rotatable bonds is 4. The molecular formula is C7H14O3. The molecule has 2 atom stereocenters. The molecule has 0 aliphatic rings. The van der Waals surface area contributed by atoms with Gasteiger partial charge in [0.1, 0.15) is 0 Å². The van der Waals surface area contributed by atoms with E-state index in [1.165, 1.54) is 0 Å². The maximum Gasteiger partial charge on any atom is 0.332 e. The zero-order valence-corrected chi connectivity index (χ0v) is 6.37. The number of carboxylic acid groups (broad SMARTS) is 1. The van der Waals surface area contributed by atoms with Gasteiger partial charge in [0, 0.05) is 0 Å². The molecule has 0 amide bonds. The molecule has 0 fully saturated rings. The van der Waals surface area contributed by atoms with E-state index in [0.717, 1.165) is 12.8 Å². The first-order chi connectivity index (χ1) is 4.59. The van der Waals surface area contributed by atoms with Crippen molar-refractivity contribution in [3.63, 3.8) is 0 Å². The molecule has 0 unspecified atom stereocenters. The van der Waals surface area contributed by atoms with Gasteiger partial charge in [0.05, 0.1) is 0 Å². The molecule has 0 aliphatic heterocycles. The van der Waals surface area contributed by atoms with Crippen LogP contribution in [0.1, 0.15) is 26.7 Å². The lowest BCUT2D eigenvalue weighted by molar-refractivity contribution is -0.149. The van der Waals surface area contributed by atoms with E-state index >= 15 is 0 Å². The summed E-state index contributed by atoms with van der Waals surface area (Å²) in [7, 11) is 0. The summed E-state index contributed by atoms with van der Waals surface area (Å²) in [6.07, 6.45) is 0.471. The van der Waals surface area contributed by atoms with Crippen LogP contribution in [-0.4, -0.2) is 22.3 Å². The summed E-state index contributed by atoms with van der Waals surface area (Å²) in [6, 6.07) is 0. The molecule has 0 heterocycles. The lowest BCUT2D eigenvalue weighted by Crippen LogP contribution is -2.27. The molecule has 2 N–H and O–H groups in total. The predicted octanol–water partition coefficient (Wildman–Crippen LogP) is 0.868. The van der Waals surface area contributed by atoms with Gasteiger partial charge in [0.2, 0.25) is 0 Å². The second-order valence-electron chi connectivity index (χ2n) is 2.55. The Labute approximate surface area is 60.7 Å². The molecule has 0 aliphatic carbocycles. The Bertz CT molecular complexity index is 111. The van der Waals surface area contributed by atoms with Crippen molar-refractivity contribution >= 4 is 5.97 Å². The largest absolute Gasteiger partial charge is 0.479 e. The van der Waals surface area contributed by atoms with E-state index in [1.54, 1.807) is 6.92 Å². The molecule has 0 radical (unpaired) electrons. The van der Waals surface area contributed by atoms with E-state index in [1.807, 2.05) is 6.92 Å². The van der Waals surface area contributed by atoms with E-state index < -0.39 is 12.1 Å². The summed E-state index contributed by atoms with van der Waals surface area (Å²) < 4.78 is 0. The van der Waals surface area contributed by atoms with Crippen LogP contribution in [0.3, 0.4) is 0 Å². The summed E-state index contributed by atoms with van der Waals surface area (Å²) in [5.74, 6) is -1.26. The van der Waals surface area contributed by atoms with Crippen LogP contribution in [0.5, 0.6) is 0 Å². The number of hydrogen-bond donors (Lipinski definition) is 2. The highest BCUT2D eigenvalue weighted by molar-refractivity contribution is 5.72. The van der Waals surface area contributed by atoms with Gasteiger partial charge in [-0.05, 0) is 12.3 Å². The average molecular weight is 146 g/mol. The predicted molar refractivity (Wildman–Crippen MR) is 37.7 cm³/mol. The first-order valence-electron chi connectivity index (χ1n) is 3.50. The van der Waals surface area contributed by atoms with E-state index in [4.69, 9.17) is 10.2 Å². The molecule has 3 nitrogen and oxygen atoms in total. The summed E-state index contributed by atoms with van der Waals surface area (Å²) >= 11 is 0. The van der Waals surface area contributed by atoms with Crippen molar-refractivity contribution in [2.24, 2.45) is 5.92 Å². The monoisotopic (exact) mass is 146 g/mol. The Morgan fingerprint density at radius 3 is 2.40 bits per heavy atom. The Hall–Kier alpha value is -0.570. The number of carbonyl (C=O) groups is 1. The first kappa shape index (κ1) is 9.43. The van der Waals surface area contributed by atoms with Crippen LogP contribution in [-0.2, 0) is 4.79 Å². The SMILES string of the molecule is CCC[C@@H](C)[C@H](O)C(=O)O. The standard InChI is InChI=1S/C7H14O3/c1-3-4-5(2)6(8)7(9)10/h5-6,8H,3-4H2,1-2H3,(H,9,10)/t5-,6+/m1/s1. The van der Waals surface area contributed by atoms with E-state index in [0.29, 0.717) is 0 Å². The fourth-order valence-electron chi connectivity index (χ4n) is 0.857. The van der Waals surface area contributed by atoms with Crippen molar-refractivity contribution in [2.45, 2.75) is 32.8 Å². The quantitative estimate of drug-likeness (QED) is 0.618. The minimum Gasteiger partial charge on any atom is -0.479 e. The van der Waals surface area contributed by atoms with Crippen LogP contribution >= 0.6 is 0 Å². The number of aliphatic hydroxyl groups excluding tert-OH is 1. The Morgan fingerprint density at radius 2 is 2.10 bits per heavy atom. The lowest BCUT2D eigenvalue weighted by atomic mass is 10.00. The van der Waals surface area contributed by atoms with Crippen molar-refractivity contribution in [1.29, 1.82) is 0 Å². The summed E-state index contributed by atoms with van der Waals surface area (Å²) in [5.41, 5.74) is 0. The molecule has 3 heteroatoms. The molecule has 10 heavy (non-hydrogen) atoms. The fourth-order valence-corrected chi connectivity index (χ4v) is 0.857. The smallest absolute Gasteiger partial charge is 0.332 e. The molecular weight excluding hydrogens is 132 g/mol. The second-order valence-corrected chi connectivity index (χ2v) is 2.55. The van der Waals surface area contributed by atoms with Gasteiger partial charge in [-0.3, -0.25) is 0 Å². The Kier molecular flexibility index (Phi) is 4.03. The van der Waals surface area contributed by atoms with Crippen molar-refractivity contribution < 1.29 is 15.0 Å². The molecule has 0 aromatic heterocycles. The maximum absolute atomic E-state index is 10.2. The van der Waals surface area contributed by atoms with Gasteiger partial charge in [0.25, 0.3) is 0 Å². The minimum atomic E-state index is -1.19. The minimum absolute atomic E-state index is 0.137. The topological polar surface area (TPSA) is 57.5 Å². The van der Waals surface area contributed by atoms with Crippen LogP contribution in [0.4, 0.5) is 0 Å². The molecule has 0 saturated heterocycles. The zero-order chi connectivity index (χ0) is 8.15. The van der Waals surface area contributed by atoms with Crippen LogP contribution in [0, 0.1) is 5.92 Å². The molecule has 0 bridgehead atoms. The van der Waals surface area contributed by atoms with Crippen molar-refractivity contribution in [3.8, 4) is 0 Å². The summed E-state index contributed by atoms with van der Waals surface area (Å²) in [6.45, 7) is 3.70. The highest BCUT2D eigenvalue weighted by atomic mass is 16.4. The van der Waals surface area contributed by atoms with Crippen LogP contribution in [0.2, 0.25) is 0 Å². The number of carboxylic acids is 1. The third-order valence-corrected chi connectivity index (χ3v) is 1.54. The van der Waals surface area contributed by atoms with E-state index in [-0.39, 0.29) is 5.92 Å². The molecule has 0 spiro atoms. The van der Waals surface area contributed by atoms with Crippen molar-refractivity contribution in [2.75, 3.05) is 0 Å². The second kappa shape index (κ2) is 4.28. The van der Waals surface area contributed by atoms with E-state index in [9.17, 15) is 4.79 Å². The van der Waals surface area contributed by atoms with Gasteiger partial charge in [-0.15, -0.1) is 0 Å². The number of aliphatic carboxylic acids is 1. The zero-order valence-electron chi connectivity index (χ0n) is 6.37. The molecule has 0 saturated carbocycles. The highest BCUT2D eigenvalue weighted by Gasteiger charge is 2.19. The maximum atomic E-state index is 10.2. The fraction of sp³-hybridized carbons (Fsp3) is 0.857. The van der Waals surface area contributed by atoms with Crippen molar-refractivity contribution in [3.05, 3.63) is 0 Å². The summed E-state index contributed by atoms with van der Waals surface area (Å²) in [5, 5.41) is 17.3. The van der Waals surface area contributed by atoms with E-state index in [2.05, 4.69) is 0 Å². The molecule has 60 valence electrons. The van der Waals surface area contributed by atoms with Gasteiger partial charge in [-0.2, -0.15) is 0 Å². The number of aliphatic hydroxyl groups is 1. The highest BCUT2D eigenvalue weighted by Crippen LogP contribution is 2.09. The third kappa shape index (κ3) is 2.82. The lowest BCUT2D eigenvalue weighted by Gasteiger charge is -2.12. The summed E-state index contributed by atoms with van der Waals surface area (Å²) in [4.78, 5) is 10.2. The van der Waals surface area contributed by atoms with Gasteiger partial charge in [-0.25, -0.2) is 4.79 Å². The first-order valence-corrected chi connectivity index (χ1v) is 3.50. The molecule has 0 aromatic carbocycles. The van der Waals surface area contributed by atoms with Crippen LogP contribution in [0.25, 0.3) is 0 Å². The molecule has 0 aromatic rings. The third-order valence-electron chi connectivity index (χ3n) is 1.54. The van der Waals surface area contributed by atoms with Crippen LogP contribution < -0.4 is 0 Å². The average Bonchev–Trinajstić information content (AvgIpc) is 1.87.